The van der Waals surface area contributed by atoms with Gasteiger partial charge in [0.05, 0.1) is 13.2 Å². The summed E-state index contributed by atoms with van der Waals surface area (Å²) in [6.07, 6.45) is 12.2. The number of hydrogen-bond acceptors (Lipinski definition) is 3. The Morgan fingerprint density at radius 2 is 1.00 bits per heavy atom. The van der Waals surface area contributed by atoms with Crippen molar-refractivity contribution in [1.82, 2.24) is 0 Å². The molecule has 0 unspecified atom stereocenters. The van der Waals surface area contributed by atoms with E-state index in [0.29, 0.717) is 26.3 Å². The van der Waals surface area contributed by atoms with E-state index in [2.05, 4.69) is 72.8 Å². The van der Waals surface area contributed by atoms with Gasteiger partial charge in [0.2, 0.25) is 0 Å². The molecule has 0 amide bonds. The molecule has 0 radical (unpaired) electrons. The summed E-state index contributed by atoms with van der Waals surface area (Å²) < 4.78 is 5.65. The van der Waals surface area contributed by atoms with Gasteiger partial charge in [-0.1, -0.05) is 72.8 Å². The molecule has 0 saturated heterocycles. The predicted octanol–water partition coefficient (Wildman–Crippen LogP) is 3.60. The van der Waals surface area contributed by atoms with Crippen molar-refractivity contribution in [3.05, 3.63) is 95.1 Å². The highest BCUT2D eigenvalue weighted by atomic mass is 16.5. The first kappa shape index (κ1) is 21.1. The fourth-order valence-electron chi connectivity index (χ4n) is 3.07. The van der Waals surface area contributed by atoms with Crippen LogP contribution in [0.5, 0.6) is 0 Å². The monoisotopic (exact) mass is 364 g/mol. The summed E-state index contributed by atoms with van der Waals surface area (Å²) >= 11 is 0. The smallest absolute Gasteiger partial charge is 0.0651 e. The van der Waals surface area contributed by atoms with Crippen molar-refractivity contribution in [1.29, 1.82) is 0 Å². The minimum absolute atomic E-state index is 0.632. The van der Waals surface area contributed by atoms with E-state index in [-0.39, 0.29) is 0 Å². The Kier molecular flexibility index (Phi) is 10.2. The summed E-state index contributed by atoms with van der Waals surface area (Å²) in [5, 5.41) is 0. The molecule has 2 rings (SSSR count). The van der Waals surface area contributed by atoms with Crippen LogP contribution >= 0.6 is 0 Å². The first-order valence-corrected chi connectivity index (χ1v) is 9.76. The van der Waals surface area contributed by atoms with E-state index in [1.807, 2.05) is 0 Å². The highest BCUT2D eigenvalue weighted by molar-refractivity contribution is 5.30. The third-order valence-electron chi connectivity index (χ3n) is 4.50. The molecule has 0 spiro atoms. The second-order valence-corrected chi connectivity index (χ2v) is 6.50. The largest absolute Gasteiger partial charge is 0.373 e. The van der Waals surface area contributed by atoms with Gasteiger partial charge >= 0.3 is 0 Å². The van der Waals surface area contributed by atoms with Gasteiger partial charge in [0.25, 0.3) is 0 Å². The molecule has 0 heterocycles. The van der Waals surface area contributed by atoms with Crippen molar-refractivity contribution < 1.29 is 4.74 Å². The number of allylic oxidation sites excluding steroid dienone is 2. The highest BCUT2D eigenvalue weighted by Gasteiger charge is 1.99. The van der Waals surface area contributed by atoms with E-state index in [0.717, 1.165) is 25.7 Å². The average Bonchev–Trinajstić information content (AvgIpc) is 2.69. The van der Waals surface area contributed by atoms with Crippen molar-refractivity contribution in [3.8, 4) is 0 Å². The van der Waals surface area contributed by atoms with Crippen LogP contribution in [0.25, 0.3) is 0 Å². The normalized spacial score (nSPS) is 11.6. The van der Waals surface area contributed by atoms with E-state index in [4.69, 9.17) is 16.2 Å². The summed E-state index contributed by atoms with van der Waals surface area (Å²) in [7, 11) is 0. The van der Waals surface area contributed by atoms with E-state index in [1.165, 1.54) is 22.3 Å². The number of ether oxygens (including phenoxy) is 1. The van der Waals surface area contributed by atoms with E-state index >= 15 is 0 Å². The topological polar surface area (TPSA) is 61.3 Å². The van der Waals surface area contributed by atoms with Gasteiger partial charge in [-0.3, -0.25) is 0 Å². The molecule has 3 heteroatoms. The number of hydrogen-bond donors (Lipinski definition) is 2. The van der Waals surface area contributed by atoms with Crippen LogP contribution in [0.2, 0.25) is 0 Å². The summed E-state index contributed by atoms with van der Waals surface area (Å²) in [4.78, 5) is 0. The second-order valence-electron chi connectivity index (χ2n) is 6.50. The maximum absolute atomic E-state index is 5.67. The van der Waals surface area contributed by atoms with Crippen molar-refractivity contribution in [2.75, 3.05) is 26.3 Å². The van der Waals surface area contributed by atoms with Crippen LogP contribution in [0.15, 0.2) is 72.8 Å². The second kappa shape index (κ2) is 13.0. The fourth-order valence-corrected chi connectivity index (χ4v) is 3.07. The standard InChI is InChI=1S/C24H32N2O/c25-17-15-23-11-3-1-9-21(23)13-5-7-19-27-20-8-6-14-22-10-2-4-12-24(22)16-18-26/h1-12H,13-20,25-26H2. The van der Waals surface area contributed by atoms with Crippen LogP contribution in [0.4, 0.5) is 0 Å². The zero-order valence-corrected chi connectivity index (χ0v) is 16.1. The quantitative estimate of drug-likeness (QED) is 0.447. The van der Waals surface area contributed by atoms with Gasteiger partial charge in [-0.2, -0.15) is 0 Å². The molecule has 4 N–H and O–H groups in total. The Hall–Kier alpha value is -2.20. The van der Waals surface area contributed by atoms with Crippen LogP contribution < -0.4 is 11.5 Å². The third-order valence-corrected chi connectivity index (χ3v) is 4.50. The van der Waals surface area contributed by atoms with Crippen LogP contribution in [0.3, 0.4) is 0 Å². The number of rotatable bonds is 12. The molecule has 0 fully saturated rings. The van der Waals surface area contributed by atoms with Crippen LogP contribution in [-0.4, -0.2) is 26.3 Å². The molecular weight excluding hydrogens is 332 g/mol. The predicted molar refractivity (Wildman–Crippen MR) is 115 cm³/mol. The molecular formula is C24H32N2O. The van der Waals surface area contributed by atoms with Crippen LogP contribution in [-0.2, 0) is 30.4 Å². The molecule has 144 valence electrons. The molecule has 0 bridgehead atoms. The lowest BCUT2D eigenvalue weighted by molar-refractivity contribution is 0.193. The van der Waals surface area contributed by atoms with E-state index in [9.17, 15) is 0 Å². The van der Waals surface area contributed by atoms with Crippen molar-refractivity contribution in [3.63, 3.8) is 0 Å². The van der Waals surface area contributed by atoms with Gasteiger partial charge in [0.15, 0.2) is 0 Å². The zero-order chi connectivity index (χ0) is 19.2. The summed E-state index contributed by atoms with van der Waals surface area (Å²) in [5.74, 6) is 0. The Bertz CT molecular complexity index is 660. The molecule has 2 aromatic rings. The molecule has 0 aliphatic rings. The van der Waals surface area contributed by atoms with Gasteiger partial charge in [-0.25, -0.2) is 0 Å². The SMILES string of the molecule is NCCc1ccccc1CC=CCOCC=CCc1ccccc1CCN. The summed E-state index contributed by atoms with van der Waals surface area (Å²) in [5.41, 5.74) is 16.7. The molecule has 3 nitrogen and oxygen atoms in total. The number of nitrogens with two attached hydrogens (primary N) is 2. The maximum atomic E-state index is 5.67. The Morgan fingerprint density at radius 3 is 1.41 bits per heavy atom. The zero-order valence-electron chi connectivity index (χ0n) is 16.1. The maximum Gasteiger partial charge on any atom is 0.0651 e. The van der Waals surface area contributed by atoms with Gasteiger partial charge in [0, 0.05) is 0 Å². The van der Waals surface area contributed by atoms with Gasteiger partial charge in [-0.15, -0.1) is 0 Å². The average molecular weight is 365 g/mol. The lowest BCUT2D eigenvalue weighted by atomic mass is 10.0. The Labute approximate surface area is 163 Å². The van der Waals surface area contributed by atoms with Gasteiger partial charge < -0.3 is 16.2 Å². The molecule has 0 aliphatic carbocycles. The van der Waals surface area contributed by atoms with Crippen LogP contribution in [0.1, 0.15) is 22.3 Å². The highest BCUT2D eigenvalue weighted by Crippen LogP contribution is 2.11. The van der Waals surface area contributed by atoms with Crippen molar-refractivity contribution in [2.45, 2.75) is 25.7 Å². The van der Waals surface area contributed by atoms with Gasteiger partial charge in [0.1, 0.15) is 0 Å². The Morgan fingerprint density at radius 1 is 0.593 bits per heavy atom. The molecule has 0 aromatic heterocycles. The van der Waals surface area contributed by atoms with Crippen molar-refractivity contribution in [2.24, 2.45) is 11.5 Å². The number of benzene rings is 2. The summed E-state index contributed by atoms with van der Waals surface area (Å²) in [6, 6.07) is 16.9. The minimum atomic E-state index is 0.632. The first-order chi connectivity index (χ1) is 13.3. The molecule has 0 aliphatic heterocycles. The first-order valence-electron chi connectivity index (χ1n) is 9.76. The Balaban J connectivity index is 1.66. The lowest BCUT2D eigenvalue weighted by Crippen LogP contribution is -2.05. The molecule has 27 heavy (non-hydrogen) atoms. The van der Waals surface area contributed by atoms with E-state index < -0.39 is 0 Å². The minimum Gasteiger partial charge on any atom is -0.373 e. The lowest BCUT2D eigenvalue weighted by Gasteiger charge is -2.06. The third kappa shape index (κ3) is 7.92. The van der Waals surface area contributed by atoms with Crippen LogP contribution in [0, 0.1) is 0 Å². The van der Waals surface area contributed by atoms with Gasteiger partial charge in [-0.05, 0) is 61.0 Å². The van der Waals surface area contributed by atoms with Crippen molar-refractivity contribution >= 4 is 0 Å². The molecule has 0 atom stereocenters. The molecule has 2 aromatic carbocycles. The molecule has 0 saturated carbocycles. The summed E-state index contributed by atoms with van der Waals surface area (Å²) in [6.45, 7) is 2.64. The van der Waals surface area contributed by atoms with E-state index in [1.54, 1.807) is 0 Å². The fraction of sp³-hybridized carbons (Fsp3) is 0.333.